The fraction of sp³-hybridized carbons (Fsp3) is 0.450. The molecule has 1 aliphatic rings. The Morgan fingerprint density at radius 1 is 1.35 bits per heavy atom. The molecule has 2 aromatic heterocycles. The maximum atomic E-state index is 13.4. The molecule has 2 unspecified atom stereocenters. The first-order chi connectivity index (χ1) is 15.1. The average molecular weight is 428 g/mol. The van der Waals surface area contributed by atoms with Gasteiger partial charge in [0.2, 0.25) is 17.6 Å². The molecule has 10 nitrogen and oxygen atoms in total. The molecule has 1 amide bonds. The lowest BCUT2D eigenvalue weighted by Gasteiger charge is -2.18. The minimum absolute atomic E-state index is 0.0227. The molecular weight excluding hydrogens is 403 g/mol. The molecule has 0 bridgehead atoms. The Kier molecular flexibility index (Phi) is 6.63. The number of amides is 1. The van der Waals surface area contributed by atoms with E-state index in [1.165, 1.54) is 12.4 Å². The molecule has 3 aromatic rings. The second-order valence-corrected chi connectivity index (χ2v) is 7.63. The highest BCUT2D eigenvalue weighted by Gasteiger charge is 2.25. The summed E-state index contributed by atoms with van der Waals surface area (Å²) in [6, 6.07) is 7.04. The number of nitrogens with one attached hydrogen (secondary N) is 3. The second kappa shape index (κ2) is 9.75. The van der Waals surface area contributed by atoms with E-state index < -0.39 is 0 Å². The first-order valence-electron chi connectivity index (χ1n) is 10.3. The predicted molar refractivity (Wildman–Crippen MR) is 109 cm³/mol. The van der Waals surface area contributed by atoms with Crippen molar-refractivity contribution >= 4 is 5.91 Å². The van der Waals surface area contributed by atoms with E-state index in [-0.39, 0.29) is 23.8 Å². The van der Waals surface area contributed by atoms with Crippen molar-refractivity contribution in [3.8, 4) is 11.6 Å². The van der Waals surface area contributed by atoms with Crippen LogP contribution in [-0.4, -0.2) is 55.8 Å². The van der Waals surface area contributed by atoms with Gasteiger partial charge in [0.05, 0.1) is 0 Å². The Morgan fingerprint density at radius 3 is 3.06 bits per heavy atom. The fourth-order valence-corrected chi connectivity index (χ4v) is 3.62. The molecule has 1 saturated heterocycles. The summed E-state index contributed by atoms with van der Waals surface area (Å²) in [6.07, 6.45) is 4.69. The number of H-pyrrole nitrogens is 1. The monoisotopic (exact) mass is 428 g/mol. The molecule has 2 atom stereocenters. The minimum atomic E-state index is -0.224. The van der Waals surface area contributed by atoms with Crippen molar-refractivity contribution in [1.29, 1.82) is 0 Å². The van der Waals surface area contributed by atoms with Gasteiger partial charge in [0, 0.05) is 38.5 Å². The standard InChI is InChI=1S/C20H25FN8O2/c1-29(18(30)8-7-17-24-20(28-31-17)19-22-12-23-27-19)9-3-6-15-11-16(26-25-15)13-4-2-5-14(21)10-13/h2,4-5,10,12,15-16,25-26H,3,6-9,11H2,1H3,(H,22,23,27). The van der Waals surface area contributed by atoms with Crippen molar-refractivity contribution < 1.29 is 13.7 Å². The van der Waals surface area contributed by atoms with Crippen molar-refractivity contribution in [2.24, 2.45) is 0 Å². The van der Waals surface area contributed by atoms with Gasteiger partial charge in [0.25, 0.3) is 0 Å². The summed E-state index contributed by atoms with van der Waals surface area (Å²) in [5, 5.41) is 10.2. The highest BCUT2D eigenvalue weighted by Crippen LogP contribution is 2.24. The first kappa shape index (κ1) is 21.1. The van der Waals surface area contributed by atoms with Crippen LogP contribution in [0, 0.1) is 5.82 Å². The summed E-state index contributed by atoms with van der Waals surface area (Å²) in [6.45, 7) is 0.662. The van der Waals surface area contributed by atoms with Gasteiger partial charge in [-0.2, -0.15) is 10.1 Å². The number of hydrogen-bond donors (Lipinski definition) is 3. The van der Waals surface area contributed by atoms with Crippen LogP contribution in [-0.2, 0) is 11.2 Å². The molecular formula is C20H25FN8O2. The number of halogens is 1. The third kappa shape index (κ3) is 5.50. The van der Waals surface area contributed by atoms with Gasteiger partial charge in [-0.15, -0.1) is 0 Å². The van der Waals surface area contributed by atoms with Crippen LogP contribution in [0.2, 0.25) is 0 Å². The number of aryl methyl sites for hydroxylation is 1. The number of hydrogen-bond acceptors (Lipinski definition) is 8. The molecule has 31 heavy (non-hydrogen) atoms. The van der Waals surface area contributed by atoms with Crippen molar-refractivity contribution in [3.05, 3.63) is 47.9 Å². The second-order valence-electron chi connectivity index (χ2n) is 7.63. The van der Waals surface area contributed by atoms with Gasteiger partial charge >= 0.3 is 0 Å². The van der Waals surface area contributed by atoms with Crippen molar-refractivity contribution in [2.75, 3.05) is 13.6 Å². The summed E-state index contributed by atoms with van der Waals surface area (Å²) in [5.74, 6) is 0.931. The zero-order valence-corrected chi connectivity index (χ0v) is 17.2. The van der Waals surface area contributed by atoms with Crippen molar-refractivity contribution in [1.82, 2.24) is 41.1 Å². The SMILES string of the molecule is CN(CCCC1CC(c2cccc(F)c2)NN1)C(=O)CCc1nc(-c2ncn[nH]2)no1. The number of nitrogens with zero attached hydrogens (tertiary/aromatic N) is 5. The van der Waals surface area contributed by atoms with E-state index in [2.05, 4.69) is 36.2 Å². The van der Waals surface area contributed by atoms with E-state index in [1.807, 2.05) is 6.07 Å². The largest absolute Gasteiger partial charge is 0.346 e. The molecule has 1 fully saturated rings. The quantitative estimate of drug-likeness (QED) is 0.471. The van der Waals surface area contributed by atoms with Crippen LogP contribution in [0.3, 0.4) is 0 Å². The maximum Gasteiger partial charge on any atom is 0.239 e. The van der Waals surface area contributed by atoms with E-state index in [1.54, 1.807) is 24.1 Å². The summed E-state index contributed by atoms with van der Waals surface area (Å²) < 4.78 is 18.6. The third-order valence-electron chi connectivity index (χ3n) is 5.35. The smallest absolute Gasteiger partial charge is 0.239 e. The summed E-state index contributed by atoms with van der Waals surface area (Å²) in [5.41, 5.74) is 7.44. The number of aromatic amines is 1. The number of rotatable bonds is 9. The van der Waals surface area contributed by atoms with Gasteiger partial charge in [0.15, 0.2) is 5.82 Å². The molecule has 3 heterocycles. The topological polar surface area (TPSA) is 125 Å². The van der Waals surface area contributed by atoms with Crippen LogP contribution < -0.4 is 10.9 Å². The van der Waals surface area contributed by atoms with E-state index >= 15 is 0 Å². The Morgan fingerprint density at radius 2 is 2.26 bits per heavy atom. The minimum Gasteiger partial charge on any atom is -0.346 e. The third-order valence-corrected chi connectivity index (χ3v) is 5.35. The van der Waals surface area contributed by atoms with E-state index in [0.717, 1.165) is 24.8 Å². The van der Waals surface area contributed by atoms with Gasteiger partial charge in [-0.1, -0.05) is 17.3 Å². The molecule has 4 rings (SSSR count). The van der Waals surface area contributed by atoms with Crippen LogP contribution in [0.1, 0.15) is 43.2 Å². The zero-order valence-electron chi connectivity index (χ0n) is 17.2. The lowest BCUT2D eigenvalue weighted by atomic mass is 9.99. The molecule has 1 aliphatic heterocycles. The van der Waals surface area contributed by atoms with Gasteiger partial charge in [-0.05, 0) is 37.0 Å². The fourth-order valence-electron chi connectivity index (χ4n) is 3.62. The van der Waals surface area contributed by atoms with Crippen molar-refractivity contribution in [2.45, 2.75) is 44.2 Å². The Balaban J connectivity index is 1.15. The van der Waals surface area contributed by atoms with E-state index in [0.29, 0.717) is 36.9 Å². The number of hydrazine groups is 1. The Bertz CT molecular complexity index is 993. The lowest BCUT2D eigenvalue weighted by molar-refractivity contribution is -0.130. The molecule has 3 N–H and O–H groups in total. The van der Waals surface area contributed by atoms with Crippen LogP contribution in [0.25, 0.3) is 11.6 Å². The summed E-state index contributed by atoms with van der Waals surface area (Å²) in [7, 11) is 1.80. The van der Waals surface area contributed by atoms with E-state index in [4.69, 9.17) is 4.52 Å². The maximum absolute atomic E-state index is 13.4. The van der Waals surface area contributed by atoms with Gasteiger partial charge in [-0.3, -0.25) is 20.7 Å². The van der Waals surface area contributed by atoms with Gasteiger partial charge < -0.3 is 9.42 Å². The molecule has 0 saturated carbocycles. The average Bonchev–Trinajstić information content (AvgIpc) is 3.53. The lowest BCUT2D eigenvalue weighted by Crippen LogP contribution is -2.32. The van der Waals surface area contributed by atoms with Gasteiger partial charge in [-0.25, -0.2) is 9.37 Å². The van der Waals surface area contributed by atoms with Crippen LogP contribution >= 0.6 is 0 Å². The van der Waals surface area contributed by atoms with Crippen LogP contribution in [0.15, 0.2) is 35.1 Å². The molecule has 164 valence electrons. The van der Waals surface area contributed by atoms with Crippen LogP contribution in [0.4, 0.5) is 4.39 Å². The number of aromatic nitrogens is 5. The van der Waals surface area contributed by atoms with Crippen molar-refractivity contribution in [3.63, 3.8) is 0 Å². The molecule has 0 aliphatic carbocycles. The molecule has 0 spiro atoms. The highest BCUT2D eigenvalue weighted by atomic mass is 19.1. The predicted octanol–water partition coefficient (Wildman–Crippen LogP) is 1.77. The Labute approximate surface area is 178 Å². The first-order valence-corrected chi connectivity index (χ1v) is 10.3. The highest BCUT2D eigenvalue weighted by molar-refractivity contribution is 5.76. The molecule has 11 heteroatoms. The van der Waals surface area contributed by atoms with Crippen LogP contribution in [0.5, 0.6) is 0 Å². The number of carbonyl (C=O) groups excluding carboxylic acids is 1. The van der Waals surface area contributed by atoms with Gasteiger partial charge in [0.1, 0.15) is 12.1 Å². The summed E-state index contributed by atoms with van der Waals surface area (Å²) in [4.78, 5) is 22.3. The normalized spacial score (nSPS) is 18.4. The Hall–Kier alpha value is -3.18. The number of carbonyl (C=O) groups is 1. The molecule has 0 radical (unpaired) electrons. The summed E-state index contributed by atoms with van der Waals surface area (Å²) >= 11 is 0. The zero-order chi connectivity index (χ0) is 21.6. The van der Waals surface area contributed by atoms with E-state index in [9.17, 15) is 9.18 Å². The number of benzene rings is 1. The molecule has 1 aromatic carbocycles.